The lowest BCUT2D eigenvalue weighted by molar-refractivity contribution is -0.130. The van der Waals surface area contributed by atoms with Gasteiger partial charge in [0.15, 0.2) is 6.29 Å². The standard InChI is InChI=1S/C21H27N5O2/c1-21(2,3)18-19(27)23-20(26-24-18)25-22-13-15-9-11-17(12-10-15)28-14-16-7-5-4-6-8-16/h4-13,18,20,24-26H,14H2,1-3H3,(H,23,27)/b22-13+. The highest BCUT2D eigenvalue weighted by atomic mass is 16.5. The normalized spacial score (nSPS) is 20.0. The van der Waals surface area contributed by atoms with Gasteiger partial charge in [-0.25, -0.2) is 10.9 Å². The van der Waals surface area contributed by atoms with Crippen molar-refractivity contribution in [3.05, 3.63) is 65.7 Å². The number of nitrogens with zero attached hydrogens (tertiary/aromatic N) is 1. The molecule has 1 heterocycles. The molecule has 0 saturated carbocycles. The summed E-state index contributed by atoms with van der Waals surface area (Å²) < 4.78 is 5.77. The number of amides is 1. The van der Waals surface area contributed by atoms with E-state index in [0.29, 0.717) is 6.61 Å². The molecular weight excluding hydrogens is 354 g/mol. The Morgan fingerprint density at radius 2 is 1.79 bits per heavy atom. The predicted octanol–water partition coefficient (Wildman–Crippen LogP) is 2.11. The average Bonchev–Trinajstić information content (AvgIpc) is 2.67. The van der Waals surface area contributed by atoms with Gasteiger partial charge in [-0.1, -0.05) is 51.1 Å². The van der Waals surface area contributed by atoms with E-state index >= 15 is 0 Å². The molecule has 2 atom stereocenters. The Balaban J connectivity index is 1.45. The second kappa shape index (κ2) is 8.86. The van der Waals surface area contributed by atoms with Crippen LogP contribution in [0.2, 0.25) is 0 Å². The van der Waals surface area contributed by atoms with Crippen molar-refractivity contribution < 1.29 is 9.53 Å². The Morgan fingerprint density at radius 1 is 1.07 bits per heavy atom. The Kier molecular flexibility index (Phi) is 6.28. The number of hydrogen-bond acceptors (Lipinski definition) is 6. The molecule has 0 bridgehead atoms. The molecule has 28 heavy (non-hydrogen) atoms. The van der Waals surface area contributed by atoms with E-state index in [1.54, 1.807) is 6.21 Å². The largest absolute Gasteiger partial charge is 0.489 e. The third-order valence-corrected chi connectivity index (χ3v) is 4.33. The minimum Gasteiger partial charge on any atom is -0.489 e. The number of carbonyl (C=O) groups excluding carboxylic acids is 1. The number of hydrazone groups is 1. The summed E-state index contributed by atoms with van der Waals surface area (Å²) >= 11 is 0. The van der Waals surface area contributed by atoms with Crippen LogP contribution in [0.15, 0.2) is 59.7 Å². The van der Waals surface area contributed by atoms with Crippen LogP contribution in [0.1, 0.15) is 31.9 Å². The van der Waals surface area contributed by atoms with Crippen LogP contribution in [0.25, 0.3) is 0 Å². The summed E-state index contributed by atoms with van der Waals surface area (Å²) in [6, 6.07) is 17.4. The zero-order valence-electron chi connectivity index (χ0n) is 16.4. The summed E-state index contributed by atoms with van der Waals surface area (Å²) in [7, 11) is 0. The van der Waals surface area contributed by atoms with Gasteiger partial charge >= 0.3 is 0 Å². The molecule has 2 unspecified atom stereocenters. The fourth-order valence-corrected chi connectivity index (χ4v) is 2.75. The Bertz CT molecular complexity index is 800. The van der Waals surface area contributed by atoms with Gasteiger partial charge in [0, 0.05) is 0 Å². The van der Waals surface area contributed by atoms with E-state index in [9.17, 15) is 4.79 Å². The number of carbonyl (C=O) groups is 1. The lowest BCUT2D eigenvalue weighted by Gasteiger charge is -2.37. The molecule has 0 aliphatic carbocycles. The highest BCUT2D eigenvalue weighted by Crippen LogP contribution is 2.20. The van der Waals surface area contributed by atoms with Gasteiger partial charge in [0.1, 0.15) is 18.4 Å². The smallest absolute Gasteiger partial charge is 0.241 e. The number of rotatable bonds is 6. The highest BCUT2D eigenvalue weighted by molar-refractivity contribution is 5.83. The number of nitrogens with one attached hydrogen (secondary N) is 4. The van der Waals surface area contributed by atoms with Crippen molar-refractivity contribution in [2.75, 3.05) is 0 Å². The van der Waals surface area contributed by atoms with E-state index in [1.807, 2.05) is 75.4 Å². The van der Waals surface area contributed by atoms with E-state index < -0.39 is 6.29 Å². The lowest BCUT2D eigenvalue weighted by Crippen LogP contribution is -2.71. The van der Waals surface area contributed by atoms with Crippen LogP contribution in [-0.2, 0) is 11.4 Å². The molecule has 148 valence electrons. The molecule has 7 heteroatoms. The first-order chi connectivity index (χ1) is 13.4. The van der Waals surface area contributed by atoms with E-state index in [1.165, 1.54) is 0 Å². The van der Waals surface area contributed by atoms with Crippen molar-refractivity contribution in [2.24, 2.45) is 10.5 Å². The van der Waals surface area contributed by atoms with E-state index in [0.717, 1.165) is 16.9 Å². The van der Waals surface area contributed by atoms with Crippen LogP contribution in [0.3, 0.4) is 0 Å². The first-order valence-electron chi connectivity index (χ1n) is 9.29. The number of hydrogen-bond donors (Lipinski definition) is 4. The van der Waals surface area contributed by atoms with Crippen LogP contribution in [0.4, 0.5) is 0 Å². The highest BCUT2D eigenvalue weighted by Gasteiger charge is 2.35. The number of hydrazine groups is 1. The van der Waals surface area contributed by atoms with Gasteiger partial charge in [-0.3, -0.25) is 10.2 Å². The van der Waals surface area contributed by atoms with Gasteiger partial charge in [-0.15, -0.1) is 0 Å². The van der Waals surface area contributed by atoms with Gasteiger partial charge in [0.2, 0.25) is 5.91 Å². The second-order valence-electron chi connectivity index (χ2n) is 7.76. The van der Waals surface area contributed by atoms with Gasteiger partial charge in [-0.2, -0.15) is 5.10 Å². The summed E-state index contributed by atoms with van der Waals surface area (Å²) in [5, 5.41) is 7.02. The number of ether oxygens (including phenoxy) is 1. The molecule has 2 aromatic rings. The van der Waals surface area contributed by atoms with E-state index in [2.05, 4.69) is 26.7 Å². The van der Waals surface area contributed by atoms with Crippen LogP contribution < -0.4 is 26.3 Å². The monoisotopic (exact) mass is 381 g/mol. The summed E-state index contributed by atoms with van der Waals surface area (Å²) in [5.74, 6) is 0.728. The lowest BCUT2D eigenvalue weighted by atomic mass is 9.86. The maximum Gasteiger partial charge on any atom is 0.241 e. The first-order valence-corrected chi connectivity index (χ1v) is 9.29. The summed E-state index contributed by atoms with van der Waals surface area (Å²) in [5.41, 5.74) is 10.8. The van der Waals surface area contributed by atoms with Crippen LogP contribution >= 0.6 is 0 Å². The topological polar surface area (TPSA) is 86.8 Å². The predicted molar refractivity (Wildman–Crippen MR) is 109 cm³/mol. The van der Waals surface area contributed by atoms with Crippen molar-refractivity contribution in [3.8, 4) is 5.75 Å². The quantitative estimate of drug-likeness (QED) is 0.455. The molecule has 0 aromatic heterocycles. The number of benzene rings is 2. The zero-order chi connectivity index (χ0) is 20.0. The molecule has 0 spiro atoms. The summed E-state index contributed by atoms with van der Waals surface area (Å²) in [6.07, 6.45) is 1.21. The summed E-state index contributed by atoms with van der Waals surface area (Å²) in [6.45, 7) is 6.55. The third kappa shape index (κ3) is 5.55. The van der Waals surface area contributed by atoms with Crippen LogP contribution in [0.5, 0.6) is 5.75 Å². The van der Waals surface area contributed by atoms with E-state index in [-0.39, 0.29) is 17.4 Å². The van der Waals surface area contributed by atoms with Crippen molar-refractivity contribution in [2.45, 2.75) is 39.7 Å². The fraction of sp³-hybridized carbons (Fsp3) is 0.333. The van der Waals surface area contributed by atoms with E-state index in [4.69, 9.17) is 4.74 Å². The SMILES string of the molecule is CC(C)(C)C1NNC(N/N=C/c2ccc(OCc3ccccc3)cc2)NC1=O. The molecule has 1 aliphatic heterocycles. The minimum absolute atomic E-state index is 0.0705. The molecular formula is C21H27N5O2. The van der Waals surface area contributed by atoms with Gasteiger partial charge in [0.25, 0.3) is 0 Å². The Labute approximate surface area is 165 Å². The molecule has 1 saturated heterocycles. The Morgan fingerprint density at radius 3 is 2.43 bits per heavy atom. The summed E-state index contributed by atoms with van der Waals surface area (Å²) in [4.78, 5) is 12.2. The fourth-order valence-electron chi connectivity index (χ4n) is 2.75. The van der Waals surface area contributed by atoms with Crippen molar-refractivity contribution in [3.63, 3.8) is 0 Å². The van der Waals surface area contributed by atoms with Crippen molar-refractivity contribution in [1.82, 2.24) is 21.6 Å². The minimum atomic E-state index is -0.476. The maximum absolute atomic E-state index is 12.2. The van der Waals surface area contributed by atoms with Gasteiger partial charge < -0.3 is 10.1 Å². The van der Waals surface area contributed by atoms with Crippen molar-refractivity contribution >= 4 is 12.1 Å². The van der Waals surface area contributed by atoms with Crippen molar-refractivity contribution in [1.29, 1.82) is 0 Å². The molecule has 4 N–H and O–H groups in total. The molecule has 0 radical (unpaired) electrons. The molecule has 3 rings (SSSR count). The molecule has 2 aromatic carbocycles. The van der Waals surface area contributed by atoms with Gasteiger partial charge in [-0.05, 0) is 40.8 Å². The Hall–Kier alpha value is -2.90. The zero-order valence-corrected chi connectivity index (χ0v) is 16.4. The second-order valence-corrected chi connectivity index (χ2v) is 7.76. The molecule has 1 aliphatic rings. The third-order valence-electron chi connectivity index (χ3n) is 4.33. The molecule has 1 fully saturated rings. The van der Waals surface area contributed by atoms with Crippen LogP contribution in [0, 0.1) is 5.41 Å². The van der Waals surface area contributed by atoms with Crippen LogP contribution in [-0.4, -0.2) is 24.5 Å². The van der Waals surface area contributed by atoms with Gasteiger partial charge in [0.05, 0.1) is 6.21 Å². The maximum atomic E-state index is 12.2. The molecule has 1 amide bonds. The first kappa shape index (κ1) is 19.9. The molecule has 7 nitrogen and oxygen atoms in total. The average molecular weight is 381 g/mol.